The number of aliphatic hydroxyl groups is 1. The van der Waals surface area contributed by atoms with Crippen LogP contribution >= 0.6 is 18.9 Å². The van der Waals surface area contributed by atoms with Gasteiger partial charge in [-0.2, -0.15) is 0 Å². The lowest BCUT2D eigenvalue weighted by Crippen LogP contribution is -2.37. The molecule has 9 nitrogen and oxygen atoms in total. The van der Waals surface area contributed by atoms with E-state index in [4.69, 9.17) is 0 Å². The summed E-state index contributed by atoms with van der Waals surface area (Å²) >= 11 is -2.29. The first-order valence-electron chi connectivity index (χ1n) is 10.8. The molecule has 0 atom stereocenters. The molecule has 0 unspecified atom stereocenters. The maximum absolute atomic E-state index is 13.4. The number of carbonyl (C=O) groups is 1. The van der Waals surface area contributed by atoms with Crippen molar-refractivity contribution in [3.63, 3.8) is 0 Å². The van der Waals surface area contributed by atoms with Gasteiger partial charge in [0.05, 0.1) is 0 Å². The number of anilines is 2. The SMILES string of the molecule is C=I1=C(Nc2cccc(NC(=O)C(C)(C)O)c2)N=c2c(ccn2S(=O)(=O)c2ccccc2OC(F)(F)F)=C1. The van der Waals surface area contributed by atoms with E-state index in [1.54, 1.807) is 28.3 Å². The van der Waals surface area contributed by atoms with Crippen LogP contribution in [-0.4, -0.2) is 43.6 Å². The highest BCUT2D eigenvalue weighted by Gasteiger charge is 2.34. The lowest BCUT2D eigenvalue weighted by atomic mass is 10.1. The van der Waals surface area contributed by atoms with Crippen molar-refractivity contribution in [1.29, 1.82) is 0 Å². The smallest absolute Gasteiger partial charge is 0.404 e. The Morgan fingerprint density at radius 2 is 1.79 bits per heavy atom. The topological polar surface area (TPSA) is 122 Å². The van der Waals surface area contributed by atoms with Crippen LogP contribution in [0.25, 0.3) is 4.08 Å². The lowest BCUT2D eigenvalue weighted by molar-refractivity contribution is -0.275. The minimum absolute atomic E-state index is 0.00185. The van der Waals surface area contributed by atoms with Crippen LogP contribution in [0.5, 0.6) is 5.75 Å². The molecule has 0 saturated carbocycles. The Kier molecular flexibility index (Phi) is 7.33. The van der Waals surface area contributed by atoms with E-state index in [1.165, 1.54) is 38.2 Å². The van der Waals surface area contributed by atoms with Gasteiger partial charge in [-0.1, -0.05) is 41.6 Å². The molecule has 0 saturated heterocycles. The lowest BCUT2D eigenvalue weighted by Gasteiger charge is -2.17. The molecule has 0 bridgehead atoms. The Morgan fingerprint density at radius 3 is 2.47 bits per heavy atom. The summed E-state index contributed by atoms with van der Waals surface area (Å²) in [7, 11) is -4.53. The number of nitrogens with zero attached hydrogens (tertiary/aromatic N) is 2. The van der Waals surface area contributed by atoms with Crippen LogP contribution in [-0.2, 0) is 14.8 Å². The molecule has 202 valence electrons. The number of rotatable bonds is 7. The van der Waals surface area contributed by atoms with Gasteiger partial charge in [-0.25, -0.2) is 17.4 Å². The first kappa shape index (κ1) is 27.7. The Bertz CT molecular complexity index is 1740. The zero-order chi connectivity index (χ0) is 27.9. The number of para-hydroxylation sites is 1. The summed E-state index contributed by atoms with van der Waals surface area (Å²) < 4.78 is 76.6. The molecule has 2 heterocycles. The maximum Gasteiger partial charge on any atom is 0.573 e. The number of halogens is 4. The van der Waals surface area contributed by atoms with Gasteiger partial charge < -0.3 is 20.5 Å². The second-order valence-corrected chi connectivity index (χ2v) is 14.2. The minimum atomic E-state index is -5.08. The van der Waals surface area contributed by atoms with Crippen LogP contribution in [0.2, 0.25) is 0 Å². The molecule has 1 aromatic heterocycles. The number of hydrogen-bond acceptors (Lipinski definition) is 7. The van der Waals surface area contributed by atoms with Crippen molar-refractivity contribution in [2.45, 2.75) is 30.7 Å². The first-order chi connectivity index (χ1) is 17.6. The van der Waals surface area contributed by atoms with Crippen molar-refractivity contribution in [3.8, 4) is 5.75 Å². The molecule has 3 N–H and O–H groups in total. The number of amides is 1. The highest BCUT2D eigenvalue weighted by Crippen LogP contribution is 2.30. The fraction of sp³-hybridized carbons (Fsp3) is 0.167. The van der Waals surface area contributed by atoms with Crippen LogP contribution in [0.3, 0.4) is 0 Å². The van der Waals surface area contributed by atoms with E-state index in [0.717, 1.165) is 16.1 Å². The molecule has 0 fully saturated rings. The predicted molar refractivity (Wildman–Crippen MR) is 147 cm³/mol. The van der Waals surface area contributed by atoms with E-state index >= 15 is 0 Å². The zero-order valence-electron chi connectivity index (χ0n) is 20.0. The number of ether oxygens (including phenoxy) is 1. The van der Waals surface area contributed by atoms with Crippen LogP contribution in [0, 0.1) is 0 Å². The van der Waals surface area contributed by atoms with E-state index in [-0.39, 0.29) is 5.49 Å². The summed E-state index contributed by atoms with van der Waals surface area (Å²) in [6, 6.07) is 12.5. The predicted octanol–water partition coefficient (Wildman–Crippen LogP) is 2.84. The quantitative estimate of drug-likeness (QED) is 0.335. The summed E-state index contributed by atoms with van der Waals surface area (Å²) in [5.74, 6) is -1.47. The summed E-state index contributed by atoms with van der Waals surface area (Å²) in [5, 5.41) is 16.1. The third-order valence-corrected chi connectivity index (χ3v) is 10.0. The van der Waals surface area contributed by atoms with E-state index in [9.17, 15) is 31.5 Å². The number of benzene rings is 2. The molecule has 38 heavy (non-hydrogen) atoms. The fourth-order valence-corrected chi connectivity index (χ4v) is 7.51. The van der Waals surface area contributed by atoms with Gasteiger partial charge in [-0.05, 0) is 54.3 Å². The van der Waals surface area contributed by atoms with Crippen molar-refractivity contribution < 1.29 is 36.2 Å². The standard InChI is InChI=1S/C24H22F3IN4O5S/c1-23(2,34)21(33)29-16-7-6-8-17(13-16)30-22-28(3)14-15-11-12-32(20(15)31-22)38(35,36)19-10-5-4-9-18(19)37-24(25,26)27/h4-14,34H,3H2,1-2H3,(H,29,33)(H,30,31). The molecule has 1 aliphatic heterocycles. The zero-order valence-corrected chi connectivity index (χ0v) is 22.9. The second kappa shape index (κ2) is 10.1. The van der Waals surface area contributed by atoms with Gasteiger partial charge in [0.1, 0.15) is 16.2 Å². The molecule has 0 aliphatic carbocycles. The molecule has 3 aromatic rings. The van der Waals surface area contributed by atoms with Crippen LogP contribution in [0.15, 0.2) is 70.7 Å². The van der Waals surface area contributed by atoms with Crippen molar-refractivity contribution in [1.82, 2.24) is 3.97 Å². The summed E-state index contributed by atoms with van der Waals surface area (Å²) in [5.41, 5.74) is -0.669. The van der Waals surface area contributed by atoms with Gasteiger partial charge in [0.25, 0.3) is 15.9 Å². The number of fused-ring (bicyclic) bond motifs is 1. The third-order valence-electron chi connectivity index (χ3n) is 5.07. The van der Waals surface area contributed by atoms with Gasteiger partial charge in [0.15, 0.2) is 9.24 Å². The Hall–Kier alpha value is -3.37. The number of aromatic nitrogens is 1. The van der Waals surface area contributed by atoms with E-state index in [0.29, 0.717) is 20.4 Å². The van der Waals surface area contributed by atoms with Crippen molar-refractivity contribution in [2.75, 3.05) is 10.6 Å². The molecule has 0 spiro atoms. The van der Waals surface area contributed by atoms with Crippen LogP contribution in [0.4, 0.5) is 24.5 Å². The fourth-order valence-electron chi connectivity index (χ4n) is 3.30. The summed E-state index contributed by atoms with van der Waals surface area (Å²) in [6.45, 7) is 2.70. The van der Waals surface area contributed by atoms with E-state index < -0.39 is 57.4 Å². The first-order valence-corrected chi connectivity index (χ1v) is 16.1. The highest BCUT2D eigenvalue weighted by molar-refractivity contribution is 14.2. The average Bonchev–Trinajstić information content (AvgIpc) is 3.21. The maximum atomic E-state index is 13.4. The number of alkyl halides is 3. The monoisotopic (exact) mass is 662 g/mol. The van der Waals surface area contributed by atoms with Crippen molar-refractivity contribution in [2.24, 2.45) is 4.99 Å². The molecule has 1 amide bonds. The van der Waals surface area contributed by atoms with Crippen molar-refractivity contribution >= 4 is 58.5 Å². The van der Waals surface area contributed by atoms with Crippen LogP contribution < -0.4 is 26.1 Å². The second-order valence-electron chi connectivity index (χ2n) is 8.52. The molecule has 1 aliphatic rings. The van der Waals surface area contributed by atoms with Crippen molar-refractivity contribution in [3.05, 3.63) is 71.5 Å². The Morgan fingerprint density at radius 1 is 1.11 bits per heavy atom. The number of hydrogen-bond donors (Lipinski definition) is 3. The molecular weight excluding hydrogens is 640 g/mol. The van der Waals surface area contributed by atoms with Gasteiger partial charge in [-0.3, -0.25) is 4.79 Å². The summed E-state index contributed by atoms with van der Waals surface area (Å²) in [6.07, 6.45) is -3.87. The molecule has 4 rings (SSSR count). The average molecular weight is 662 g/mol. The van der Waals surface area contributed by atoms with Gasteiger partial charge in [-0.15, -0.1) is 13.2 Å². The largest absolute Gasteiger partial charge is 0.573 e. The van der Waals surface area contributed by atoms with Gasteiger partial charge >= 0.3 is 6.36 Å². The normalized spacial score (nSPS) is 14.2. The molecule has 0 radical (unpaired) electrons. The highest BCUT2D eigenvalue weighted by atomic mass is 127. The van der Waals surface area contributed by atoms with Gasteiger partial charge in [0, 0.05) is 22.8 Å². The number of carbonyl (C=O) groups excluding carboxylic acids is 1. The van der Waals surface area contributed by atoms with E-state index in [2.05, 4.69) is 24.9 Å². The summed E-state index contributed by atoms with van der Waals surface area (Å²) in [4.78, 5) is 15.9. The van der Waals surface area contributed by atoms with Crippen LogP contribution in [0.1, 0.15) is 13.8 Å². The number of nitrogens with one attached hydrogen (secondary N) is 2. The van der Waals surface area contributed by atoms with E-state index in [1.807, 2.05) is 0 Å². The molecular formula is C24H22F3IN4O5S. The molecule has 2 aromatic carbocycles. The minimum Gasteiger partial charge on any atom is -0.404 e. The third kappa shape index (κ3) is 6.02. The molecule has 14 heteroatoms. The van der Waals surface area contributed by atoms with Gasteiger partial charge in [0.2, 0.25) is 0 Å². The Balaban J connectivity index is 1.70. The Labute approximate surface area is 221 Å².